The van der Waals surface area contributed by atoms with E-state index in [0.29, 0.717) is 16.7 Å². The van der Waals surface area contributed by atoms with E-state index in [1.54, 1.807) is 7.05 Å². The first kappa shape index (κ1) is 14.9. The number of pyridine rings is 1. The molecule has 0 saturated carbocycles. The van der Waals surface area contributed by atoms with Gasteiger partial charge in [-0.1, -0.05) is 5.16 Å². The number of sulfonamides is 1. The maximum atomic E-state index is 12.2. The van der Waals surface area contributed by atoms with E-state index in [2.05, 4.69) is 45.6 Å². The molecule has 0 fully saturated rings. The van der Waals surface area contributed by atoms with Gasteiger partial charge in [0.2, 0.25) is 16.4 Å². The van der Waals surface area contributed by atoms with Crippen molar-refractivity contribution >= 4 is 31.8 Å². The predicted molar refractivity (Wildman–Crippen MR) is 74.7 cm³/mol. The topological polar surface area (TPSA) is 110 Å². The molecule has 2 N–H and O–H groups in total. The van der Waals surface area contributed by atoms with Crippen LogP contribution in [-0.2, 0) is 16.4 Å². The average Bonchev–Trinajstić information content (AvgIpc) is 2.91. The Kier molecular flexibility index (Phi) is 4.68. The Bertz CT molecular complexity index is 674. The third-order valence-corrected chi connectivity index (χ3v) is 4.30. The Balaban J connectivity index is 2.11. The summed E-state index contributed by atoms with van der Waals surface area (Å²) in [7, 11) is -2.06. The van der Waals surface area contributed by atoms with E-state index in [-0.39, 0.29) is 17.3 Å². The van der Waals surface area contributed by atoms with Gasteiger partial charge in [-0.3, -0.25) is 0 Å². The van der Waals surface area contributed by atoms with Crippen LogP contribution in [0.3, 0.4) is 0 Å². The van der Waals surface area contributed by atoms with Crippen LogP contribution in [-0.4, -0.2) is 37.1 Å². The number of hydrogen-bond acceptors (Lipinski definition) is 7. The van der Waals surface area contributed by atoms with E-state index in [1.165, 1.54) is 18.7 Å². The molecule has 0 aliphatic rings. The van der Waals surface area contributed by atoms with Gasteiger partial charge >= 0.3 is 0 Å². The van der Waals surface area contributed by atoms with E-state index in [4.69, 9.17) is 0 Å². The molecule has 0 atom stereocenters. The van der Waals surface area contributed by atoms with Gasteiger partial charge in [0.15, 0.2) is 5.82 Å². The van der Waals surface area contributed by atoms with E-state index >= 15 is 0 Å². The summed E-state index contributed by atoms with van der Waals surface area (Å²) in [5.74, 6) is 0.717. The van der Waals surface area contributed by atoms with Crippen molar-refractivity contribution in [1.29, 1.82) is 0 Å². The fourth-order valence-electron chi connectivity index (χ4n) is 1.49. The zero-order valence-electron chi connectivity index (χ0n) is 10.5. The van der Waals surface area contributed by atoms with Gasteiger partial charge in [0.1, 0.15) is 10.7 Å². The van der Waals surface area contributed by atoms with Crippen LogP contribution in [0.25, 0.3) is 0 Å². The molecule has 0 bridgehead atoms. The van der Waals surface area contributed by atoms with Crippen molar-refractivity contribution in [2.75, 3.05) is 18.9 Å². The largest absolute Gasteiger partial charge is 0.372 e. The molecule has 0 aliphatic carbocycles. The van der Waals surface area contributed by atoms with Gasteiger partial charge < -0.3 is 9.84 Å². The molecule has 2 rings (SSSR count). The van der Waals surface area contributed by atoms with Crippen molar-refractivity contribution in [2.45, 2.75) is 11.3 Å². The van der Waals surface area contributed by atoms with Crippen molar-refractivity contribution in [3.05, 3.63) is 29.0 Å². The molecule has 20 heavy (non-hydrogen) atoms. The highest BCUT2D eigenvalue weighted by Crippen LogP contribution is 2.22. The van der Waals surface area contributed by atoms with Crippen molar-refractivity contribution < 1.29 is 12.9 Å². The normalized spacial score (nSPS) is 11.5. The van der Waals surface area contributed by atoms with Crippen LogP contribution in [0.15, 0.2) is 32.5 Å². The van der Waals surface area contributed by atoms with Crippen LogP contribution in [0, 0.1) is 0 Å². The lowest BCUT2D eigenvalue weighted by Crippen LogP contribution is -2.27. The number of hydrogen-bond donors (Lipinski definition) is 2. The Morgan fingerprint density at radius 3 is 2.85 bits per heavy atom. The minimum absolute atomic E-state index is 0.0717. The maximum Gasteiger partial charge on any atom is 0.244 e. The van der Waals surface area contributed by atoms with Crippen LogP contribution in [0.1, 0.15) is 5.82 Å². The number of nitrogens with zero attached hydrogens (tertiary/aromatic N) is 3. The summed E-state index contributed by atoms with van der Waals surface area (Å²) >= 11 is 3.20. The Labute approximate surface area is 124 Å². The van der Waals surface area contributed by atoms with Gasteiger partial charge in [0.05, 0.1) is 0 Å². The Morgan fingerprint density at radius 2 is 2.20 bits per heavy atom. The third kappa shape index (κ3) is 3.52. The molecule has 0 amide bonds. The fraction of sp³-hybridized carbons (Fsp3) is 0.300. The summed E-state index contributed by atoms with van der Waals surface area (Å²) < 4.78 is 32.0. The van der Waals surface area contributed by atoms with Crippen LogP contribution >= 0.6 is 15.9 Å². The van der Waals surface area contributed by atoms with Gasteiger partial charge in [-0.05, 0) is 22.0 Å². The highest BCUT2D eigenvalue weighted by atomic mass is 79.9. The van der Waals surface area contributed by atoms with E-state index < -0.39 is 10.0 Å². The van der Waals surface area contributed by atoms with Gasteiger partial charge in [-0.25, -0.2) is 18.1 Å². The lowest BCUT2D eigenvalue weighted by atomic mass is 10.4. The minimum Gasteiger partial charge on any atom is -0.372 e. The zero-order valence-corrected chi connectivity index (χ0v) is 12.9. The maximum absolute atomic E-state index is 12.2. The van der Waals surface area contributed by atoms with Crippen molar-refractivity contribution in [2.24, 2.45) is 0 Å². The summed E-state index contributed by atoms with van der Waals surface area (Å²) in [6.45, 7) is 0.164. The second kappa shape index (κ2) is 6.29. The molecule has 108 valence electrons. The SMILES string of the molecule is CNc1ncc(Br)cc1S(=O)(=O)NCCc1ncon1. The quantitative estimate of drug-likeness (QED) is 0.782. The highest BCUT2D eigenvalue weighted by Gasteiger charge is 2.19. The third-order valence-electron chi connectivity index (χ3n) is 2.39. The molecule has 2 aromatic heterocycles. The number of aromatic nitrogens is 3. The first-order chi connectivity index (χ1) is 9.53. The molecule has 2 heterocycles. The van der Waals surface area contributed by atoms with E-state index in [1.807, 2.05) is 0 Å². The highest BCUT2D eigenvalue weighted by molar-refractivity contribution is 9.10. The summed E-state index contributed by atoms with van der Waals surface area (Å²) in [6.07, 6.45) is 3.05. The molecule has 0 aliphatic heterocycles. The predicted octanol–water partition coefficient (Wildman–Crippen LogP) is 0.790. The molecule has 10 heteroatoms. The van der Waals surface area contributed by atoms with E-state index in [9.17, 15) is 8.42 Å². The van der Waals surface area contributed by atoms with Crippen LogP contribution in [0.2, 0.25) is 0 Å². The Hall–Kier alpha value is -1.52. The lowest BCUT2D eigenvalue weighted by molar-refractivity contribution is 0.410. The monoisotopic (exact) mass is 361 g/mol. The zero-order chi connectivity index (χ0) is 14.6. The summed E-state index contributed by atoms with van der Waals surface area (Å²) in [5, 5.41) is 6.35. The van der Waals surface area contributed by atoms with Crippen molar-refractivity contribution in [1.82, 2.24) is 19.8 Å². The number of rotatable bonds is 6. The smallest absolute Gasteiger partial charge is 0.244 e. The number of anilines is 1. The number of nitrogens with one attached hydrogen (secondary N) is 2. The summed E-state index contributed by atoms with van der Waals surface area (Å²) in [6, 6.07) is 1.48. The van der Waals surface area contributed by atoms with Crippen LogP contribution < -0.4 is 10.0 Å². The van der Waals surface area contributed by atoms with Gasteiger partial charge in [-0.2, -0.15) is 4.98 Å². The van der Waals surface area contributed by atoms with Crippen molar-refractivity contribution in [3.8, 4) is 0 Å². The molecule has 0 aromatic carbocycles. The molecule has 0 unspecified atom stereocenters. The minimum atomic E-state index is -3.67. The second-order valence-electron chi connectivity index (χ2n) is 3.75. The second-order valence-corrected chi connectivity index (χ2v) is 6.40. The molecular formula is C10H12BrN5O3S. The van der Waals surface area contributed by atoms with Crippen LogP contribution in [0.4, 0.5) is 5.82 Å². The first-order valence-corrected chi connectivity index (χ1v) is 7.89. The van der Waals surface area contributed by atoms with Crippen molar-refractivity contribution in [3.63, 3.8) is 0 Å². The standard InChI is InChI=1S/C10H12BrN5O3S/c1-12-10-8(4-7(11)5-13-10)20(17,18)15-3-2-9-14-6-19-16-9/h4-6,15H,2-3H2,1H3,(H,12,13). The molecule has 0 saturated heterocycles. The lowest BCUT2D eigenvalue weighted by Gasteiger charge is -2.10. The first-order valence-electron chi connectivity index (χ1n) is 5.61. The number of halogens is 1. The molecule has 0 spiro atoms. The summed E-state index contributed by atoms with van der Waals surface area (Å²) in [5.41, 5.74) is 0. The Morgan fingerprint density at radius 1 is 1.40 bits per heavy atom. The van der Waals surface area contributed by atoms with Gasteiger partial charge in [0, 0.05) is 30.7 Å². The average molecular weight is 362 g/mol. The summed E-state index contributed by atoms with van der Waals surface area (Å²) in [4.78, 5) is 7.89. The molecule has 2 aromatic rings. The molecular weight excluding hydrogens is 350 g/mol. The van der Waals surface area contributed by atoms with E-state index in [0.717, 1.165) is 0 Å². The van der Waals surface area contributed by atoms with Gasteiger partial charge in [-0.15, -0.1) is 0 Å². The van der Waals surface area contributed by atoms with Gasteiger partial charge in [0.25, 0.3) is 0 Å². The molecule has 0 radical (unpaired) electrons. The van der Waals surface area contributed by atoms with Crippen LogP contribution in [0.5, 0.6) is 0 Å². The fourth-order valence-corrected chi connectivity index (χ4v) is 3.19. The molecule has 8 nitrogen and oxygen atoms in total.